The number of hydrogen-bond donors (Lipinski definition) is 2. The fourth-order valence-electron chi connectivity index (χ4n) is 1.47. The van der Waals surface area contributed by atoms with E-state index in [1.54, 1.807) is 6.20 Å². The van der Waals surface area contributed by atoms with Crippen LogP contribution < -0.4 is 11.1 Å². The Kier molecular flexibility index (Phi) is 3.51. The van der Waals surface area contributed by atoms with Gasteiger partial charge in [-0.3, -0.25) is 4.79 Å². The molecule has 1 amide bonds. The minimum absolute atomic E-state index is 0.142. The normalized spacial score (nSPS) is 10.2. The number of benzene rings is 1. The molecule has 4 nitrogen and oxygen atoms in total. The van der Waals surface area contributed by atoms with Crippen molar-refractivity contribution in [1.82, 2.24) is 4.98 Å². The van der Waals surface area contributed by atoms with Crippen LogP contribution >= 0.6 is 11.3 Å². The highest BCUT2D eigenvalue weighted by molar-refractivity contribution is 7.13. The minimum atomic E-state index is -0.142. The lowest BCUT2D eigenvalue weighted by Gasteiger charge is -2.08. The fourth-order valence-corrected chi connectivity index (χ4v) is 2.14. The largest absolute Gasteiger partial charge is 0.326 e. The number of nitrogens with two attached hydrogens (primary N) is 1. The molecule has 3 N–H and O–H groups in total. The van der Waals surface area contributed by atoms with Crippen molar-refractivity contribution >= 4 is 22.9 Å². The summed E-state index contributed by atoms with van der Waals surface area (Å²) in [5.41, 5.74) is 7.28. The molecule has 1 aromatic carbocycles. The van der Waals surface area contributed by atoms with E-state index in [-0.39, 0.29) is 5.91 Å². The molecule has 0 radical (unpaired) electrons. The molecule has 5 heteroatoms. The van der Waals surface area contributed by atoms with Crippen LogP contribution in [0.5, 0.6) is 0 Å². The summed E-state index contributed by atoms with van der Waals surface area (Å²) in [7, 11) is 0. The van der Waals surface area contributed by atoms with Crippen molar-refractivity contribution in [3.63, 3.8) is 0 Å². The smallest absolute Gasteiger partial charge is 0.267 e. The molecule has 0 unspecified atom stereocenters. The van der Waals surface area contributed by atoms with Gasteiger partial charge in [0.1, 0.15) is 4.88 Å². The Balaban J connectivity index is 2.18. The summed E-state index contributed by atoms with van der Waals surface area (Å²) in [5.74, 6) is -0.142. The summed E-state index contributed by atoms with van der Waals surface area (Å²) >= 11 is 1.37. The van der Waals surface area contributed by atoms with Crippen LogP contribution in [0.3, 0.4) is 0 Å². The number of hydrogen-bond acceptors (Lipinski definition) is 4. The van der Waals surface area contributed by atoms with Crippen molar-refractivity contribution in [3.05, 3.63) is 45.9 Å². The van der Waals surface area contributed by atoms with Crippen molar-refractivity contribution < 1.29 is 4.79 Å². The van der Waals surface area contributed by atoms with E-state index in [9.17, 15) is 4.79 Å². The van der Waals surface area contributed by atoms with E-state index in [4.69, 9.17) is 5.73 Å². The number of carbonyl (C=O) groups is 1. The van der Waals surface area contributed by atoms with Gasteiger partial charge in [0.2, 0.25) is 0 Å². The van der Waals surface area contributed by atoms with Gasteiger partial charge in [-0.2, -0.15) is 0 Å². The Morgan fingerprint density at radius 3 is 2.88 bits per heavy atom. The van der Waals surface area contributed by atoms with Gasteiger partial charge in [0.05, 0.1) is 11.2 Å². The molecule has 88 valence electrons. The third kappa shape index (κ3) is 2.69. The van der Waals surface area contributed by atoms with Crippen LogP contribution in [0.4, 0.5) is 5.69 Å². The molecule has 1 aromatic heterocycles. The minimum Gasteiger partial charge on any atom is -0.326 e. The lowest BCUT2D eigenvalue weighted by molar-refractivity contribution is 0.103. The van der Waals surface area contributed by atoms with Crippen LogP contribution in [0.15, 0.2) is 30.5 Å². The summed E-state index contributed by atoms with van der Waals surface area (Å²) in [6, 6.07) is 7.50. The quantitative estimate of drug-likeness (QED) is 0.873. The number of nitrogens with one attached hydrogen (secondary N) is 1. The third-order valence-electron chi connectivity index (χ3n) is 2.33. The van der Waals surface area contributed by atoms with Crippen LogP contribution in [0.25, 0.3) is 0 Å². The zero-order chi connectivity index (χ0) is 12.3. The second kappa shape index (κ2) is 5.07. The molecule has 0 atom stereocenters. The molecule has 17 heavy (non-hydrogen) atoms. The Bertz CT molecular complexity index is 536. The van der Waals surface area contributed by atoms with Crippen molar-refractivity contribution in [1.29, 1.82) is 0 Å². The Labute approximate surface area is 103 Å². The molecule has 0 saturated heterocycles. The van der Waals surface area contributed by atoms with Crippen LogP contribution in [0, 0.1) is 6.92 Å². The number of para-hydroxylation sites is 1. The predicted molar refractivity (Wildman–Crippen MR) is 69.1 cm³/mol. The number of anilines is 1. The summed E-state index contributed by atoms with van der Waals surface area (Å²) in [5, 5.41) is 3.72. The molecule has 0 saturated carbocycles. The molecule has 1 heterocycles. The molecule has 2 aromatic rings. The molecule has 0 aliphatic heterocycles. The monoisotopic (exact) mass is 247 g/mol. The maximum atomic E-state index is 11.9. The molecule has 0 aliphatic carbocycles. The fraction of sp³-hybridized carbons (Fsp3) is 0.167. The molecule has 0 fully saturated rings. The Morgan fingerprint density at radius 1 is 1.47 bits per heavy atom. The van der Waals surface area contributed by atoms with Crippen LogP contribution in [-0.2, 0) is 6.54 Å². The second-order valence-corrected chi connectivity index (χ2v) is 4.79. The predicted octanol–water partition coefficient (Wildman–Crippen LogP) is 2.16. The molecule has 0 spiro atoms. The first kappa shape index (κ1) is 11.8. The SMILES string of the molecule is Cc1ncc(C(=O)Nc2ccccc2CN)s1. The van der Waals surface area contributed by atoms with Gasteiger partial charge in [-0.25, -0.2) is 4.98 Å². The number of aromatic nitrogens is 1. The van der Waals surface area contributed by atoms with Crippen LogP contribution in [-0.4, -0.2) is 10.9 Å². The van der Waals surface area contributed by atoms with E-state index in [2.05, 4.69) is 10.3 Å². The highest BCUT2D eigenvalue weighted by Crippen LogP contribution is 2.17. The summed E-state index contributed by atoms with van der Waals surface area (Å²) < 4.78 is 0. The third-order valence-corrected chi connectivity index (χ3v) is 3.24. The van der Waals surface area contributed by atoms with Crippen molar-refractivity contribution in [3.8, 4) is 0 Å². The van der Waals surface area contributed by atoms with Crippen molar-refractivity contribution in [2.24, 2.45) is 5.73 Å². The highest BCUT2D eigenvalue weighted by atomic mass is 32.1. The maximum absolute atomic E-state index is 11.9. The van der Waals surface area contributed by atoms with E-state index in [0.29, 0.717) is 11.4 Å². The molecular weight excluding hydrogens is 234 g/mol. The first-order valence-corrected chi connectivity index (χ1v) is 6.04. The average molecular weight is 247 g/mol. The van der Waals surface area contributed by atoms with E-state index in [0.717, 1.165) is 16.3 Å². The average Bonchev–Trinajstić information content (AvgIpc) is 2.77. The standard InChI is InChI=1S/C12H13N3OS/c1-8-14-7-11(17-8)12(16)15-10-5-3-2-4-9(10)6-13/h2-5,7H,6,13H2,1H3,(H,15,16). The highest BCUT2D eigenvalue weighted by Gasteiger charge is 2.10. The van der Waals surface area contributed by atoms with Gasteiger partial charge in [-0.15, -0.1) is 11.3 Å². The number of nitrogens with zero attached hydrogens (tertiary/aromatic N) is 1. The maximum Gasteiger partial charge on any atom is 0.267 e. The zero-order valence-electron chi connectivity index (χ0n) is 9.43. The molecule has 0 bridgehead atoms. The number of rotatable bonds is 3. The summed E-state index contributed by atoms with van der Waals surface area (Å²) in [4.78, 5) is 16.6. The van der Waals surface area contributed by atoms with E-state index in [1.165, 1.54) is 11.3 Å². The van der Waals surface area contributed by atoms with Crippen molar-refractivity contribution in [2.45, 2.75) is 13.5 Å². The number of thiazole rings is 1. The topological polar surface area (TPSA) is 68.0 Å². The van der Waals surface area contributed by atoms with Gasteiger partial charge in [-0.1, -0.05) is 18.2 Å². The molecule has 2 rings (SSSR count). The van der Waals surface area contributed by atoms with Gasteiger partial charge >= 0.3 is 0 Å². The number of aryl methyl sites for hydroxylation is 1. The van der Waals surface area contributed by atoms with E-state index in [1.807, 2.05) is 31.2 Å². The van der Waals surface area contributed by atoms with E-state index < -0.39 is 0 Å². The van der Waals surface area contributed by atoms with Crippen LogP contribution in [0.1, 0.15) is 20.2 Å². The molecular formula is C12H13N3OS. The molecule has 0 aliphatic rings. The van der Waals surface area contributed by atoms with Crippen molar-refractivity contribution in [2.75, 3.05) is 5.32 Å². The van der Waals surface area contributed by atoms with Gasteiger partial charge in [0.15, 0.2) is 0 Å². The lowest BCUT2D eigenvalue weighted by Crippen LogP contribution is -2.12. The van der Waals surface area contributed by atoms with Gasteiger partial charge in [0, 0.05) is 12.2 Å². The number of amides is 1. The zero-order valence-corrected chi connectivity index (χ0v) is 10.3. The van der Waals surface area contributed by atoms with Gasteiger partial charge in [-0.05, 0) is 18.6 Å². The Morgan fingerprint density at radius 2 is 2.24 bits per heavy atom. The summed E-state index contributed by atoms with van der Waals surface area (Å²) in [6.07, 6.45) is 1.58. The second-order valence-electron chi connectivity index (χ2n) is 3.56. The van der Waals surface area contributed by atoms with Gasteiger partial charge < -0.3 is 11.1 Å². The number of carbonyl (C=O) groups excluding carboxylic acids is 1. The lowest BCUT2D eigenvalue weighted by atomic mass is 10.2. The van der Waals surface area contributed by atoms with Crippen LogP contribution in [0.2, 0.25) is 0 Å². The summed E-state index contributed by atoms with van der Waals surface area (Å²) in [6.45, 7) is 2.27. The first-order chi connectivity index (χ1) is 8.20. The van der Waals surface area contributed by atoms with Gasteiger partial charge in [0.25, 0.3) is 5.91 Å². The van der Waals surface area contributed by atoms with E-state index >= 15 is 0 Å². The first-order valence-electron chi connectivity index (χ1n) is 5.22. The Hall–Kier alpha value is -1.72.